The maximum Gasteiger partial charge on any atom is 0.416 e. The second-order valence-electron chi connectivity index (χ2n) is 10.2. The van der Waals surface area contributed by atoms with Gasteiger partial charge in [0.05, 0.1) is 5.56 Å². The predicted octanol–water partition coefficient (Wildman–Crippen LogP) is 4.32. The average molecular weight is 472 g/mol. The van der Waals surface area contributed by atoms with Gasteiger partial charge in [0.1, 0.15) is 5.82 Å². The number of piperidine rings is 1. The number of carbonyl (C=O) groups is 2. The fraction of sp³-hybridized carbons (Fsp3) is 0.667. The Hall–Kier alpha value is -2.16. The number of nitrogens with one attached hydrogen (secondary N) is 1. The van der Waals surface area contributed by atoms with Gasteiger partial charge in [-0.25, -0.2) is 4.39 Å². The minimum Gasteiger partial charge on any atom is -0.352 e. The Morgan fingerprint density at radius 3 is 2.30 bits per heavy atom. The predicted molar refractivity (Wildman–Crippen MR) is 117 cm³/mol. The summed E-state index contributed by atoms with van der Waals surface area (Å²) in [6, 6.07) is 2.10. The van der Waals surface area contributed by atoms with E-state index >= 15 is 0 Å². The first-order valence-electron chi connectivity index (χ1n) is 11.5. The van der Waals surface area contributed by atoms with Gasteiger partial charge in [-0.3, -0.25) is 9.59 Å². The Bertz CT molecular complexity index is 858. The molecular formula is C24H33F4N3O2. The molecule has 3 rings (SSSR count). The van der Waals surface area contributed by atoms with Gasteiger partial charge in [0.25, 0.3) is 5.91 Å². The zero-order valence-electron chi connectivity index (χ0n) is 19.5. The van der Waals surface area contributed by atoms with E-state index in [1.54, 1.807) is 0 Å². The van der Waals surface area contributed by atoms with Crippen LogP contribution in [-0.4, -0.2) is 60.4 Å². The zero-order valence-corrected chi connectivity index (χ0v) is 19.5. The molecule has 1 aromatic carbocycles. The molecule has 2 aliphatic rings. The minimum atomic E-state index is -4.71. The molecule has 5 nitrogen and oxygen atoms in total. The van der Waals surface area contributed by atoms with E-state index in [1.165, 1.54) is 0 Å². The second kappa shape index (κ2) is 9.99. The molecule has 2 saturated heterocycles. The molecule has 0 radical (unpaired) electrons. The lowest BCUT2D eigenvalue weighted by molar-refractivity contribution is -0.140. The van der Waals surface area contributed by atoms with Gasteiger partial charge in [-0.05, 0) is 62.9 Å². The third-order valence-electron chi connectivity index (χ3n) is 6.49. The van der Waals surface area contributed by atoms with E-state index in [4.69, 9.17) is 0 Å². The highest BCUT2D eigenvalue weighted by atomic mass is 19.4. The summed E-state index contributed by atoms with van der Waals surface area (Å²) in [4.78, 5) is 29.4. The van der Waals surface area contributed by atoms with Crippen molar-refractivity contribution in [2.45, 2.75) is 58.7 Å². The molecular weight excluding hydrogens is 438 g/mol. The van der Waals surface area contributed by atoms with Crippen molar-refractivity contribution in [1.29, 1.82) is 0 Å². The Labute approximate surface area is 192 Å². The van der Waals surface area contributed by atoms with E-state index in [2.05, 4.69) is 10.2 Å². The molecule has 1 N–H and O–H groups in total. The Balaban J connectivity index is 1.47. The summed E-state index contributed by atoms with van der Waals surface area (Å²) in [5, 5.41) is 2.66. The largest absolute Gasteiger partial charge is 0.416 e. The van der Waals surface area contributed by atoms with Crippen molar-refractivity contribution in [3.05, 3.63) is 35.1 Å². The van der Waals surface area contributed by atoms with E-state index in [0.717, 1.165) is 57.9 Å². The average Bonchev–Trinajstić information content (AvgIpc) is 3.18. The molecule has 33 heavy (non-hydrogen) atoms. The van der Waals surface area contributed by atoms with Crippen LogP contribution in [0.15, 0.2) is 18.2 Å². The van der Waals surface area contributed by atoms with Gasteiger partial charge in [-0.15, -0.1) is 0 Å². The number of nitrogens with zero attached hydrogens (tertiary/aromatic N) is 2. The van der Waals surface area contributed by atoms with E-state index in [-0.39, 0.29) is 23.4 Å². The fourth-order valence-electron chi connectivity index (χ4n) is 4.62. The lowest BCUT2D eigenvalue weighted by Crippen LogP contribution is -2.49. The number of hydrogen-bond donors (Lipinski definition) is 1. The topological polar surface area (TPSA) is 52.7 Å². The van der Waals surface area contributed by atoms with Crippen molar-refractivity contribution in [1.82, 2.24) is 15.1 Å². The van der Waals surface area contributed by atoms with E-state index in [9.17, 15) is 27.2 Å². The van der Waals surface area contributed by atoms with Gasteiger partial charge in [-0.2, -0.15) is 13.2 Å². The van der Waals surface area contributed by atoms with Crippen LogP contribution in [0, 0.1) is 17.2 Å². The molecule has 0 aliphatic carbocycles. The summed E-state index contributed by atoms with van der Waals surface area (Å²) >= 11 is 0. The van der Waals surface area contributed by atoms with Crippen LogP contribution >= 0.6 is 0 Å². The molecule has 2 aliphatic heterocycles. The van der Waals surface area contributed by atoms with Crippen molar-refractivity contribution < 1.29 is 27.2 Å². The summed E-state index contributed by atoms with van der Waals surface area (Å²) in [7, 11) is 0. The number of likely N-dealkylation sites (tertiary alicyclic amines) is 2. The highest BCUT2D eigenvalue weighted by Gasteiger charge is 2.36. The number of rotatable bonds is 5. The molecule has 0 aromatic heterocycles. The van der Waals surface area contributed by atoms with Crippen molar-refractivity contribution in [2.75, 3.05) is 32.7 Å². The Morgan fingerprint density at radius 1 is 1.03 bits per heavy atom. The maximum absolute atomic E-state index is 13.6. The summed E-state index contributed by atoms with van der Waals surface area (Å²) in [5.74, 6) is -1.40. The lowest BCUT2D eigenvalue weighted by Gasteiger charge is -2.37. The number of hydrogen-bond acceptors (Lipinski definition) is 3. The molecule has 1 atom stereocenters. The van der Waals surface area contributed by atoms with E-state index < -0.39 is 28.9 Å². The van der Waals surface area contributed by atoms with Crippen LogP contribution in [0.5, 0.6) is 0 Å². The van der Waals surface area contributed by atoms with Gasteiger partial charge < -0.3 is 15.1 Å². The summed E-state index contributed by atoms with van der Waals surface area (Å²) in [5.41, 5.74) is -1.90. The maximum atomic E-state index is 13.6. The third kappa shape index (κ3) is 6.68. The van der Waals surface area contributed by atoms with Crippen LogP contribution < -0.4 is 5.32 Å². The molecule has 184 valence electrons. The highest BCUT2D eigenvalue weighted by Crippen LogP contribution is 2.31. The first kappa shape index (κ1) is 25.5. The zero-order chi connectivity index (χ0) is 24.4. The first-order valence-corrected chi connectivity index (χ1v) is 11.5. The quantitative estimate of drug-likeness (QED) is 0.651. The smallest absolute Gasteiger partial charge is 0.352 e. The summed E-state index contributed by atoms with van der Waals surface area (Å²) in [6.07, 6.45) is -0.999. The van der Waals surface area contributed by atoms with Crippen LogP contribution in [0.4, 0.5) is 17.6 Å². The van der Waals surface area contributed by atoms with Gasteiger partial charge in [-0.1, -0.05) is 20.8 Å². The van der Waals surface area contributed by atoms with Gasteiger partial charge in [0.15, 0.2) is 0 Å². The van der Waals surface area contributed by atoms with Crippen LogP contribution in [0.1, 0.15) is 62.4 Å². The molecule has 2 amide bonds. The standard InChI is InChI=1S/C24H33F4N3O2/c1-23(2,3)22(33)31-8-4-5-20(31)15-30-9-6-16(7-10-30)14-29-21(32)17-11-18(24(26,27)28)13-19(25)12-17/h11-13,16,20H,4-10,14-15H2,1-3H3,(H,29,32). The summed E-state index contributed by atoms with van der Waals surface area (Å²) in [6.45, 7) is 9.49. The SMILES string of the molecule is CC(C)(C)C(=O)N1CCCC1CN1CCC(CNC(=O)c2cc(F)cc(C(F)(F)F)c2)CC1. The normalized spacial score (nSPS) is 20.8. The highest BCUT2D eigenvalue weighted by molar-refractivity contribution is 5.94. The van der Waals surface area contributed by atoms with Crippen molar-refractivity contribution >= 4 is 11.8 Å². The van der Waals surface area contributed by atoms with Crippen molar-refractivity contribution in [2.24, 2.45) is 11.3 Å². The molecule has 2 heterocycles. The van der Waals surface area contributed by atoms with Gasteiger partial charge >= 0.3 is 6.18 Å². The third-order valence-corrected chi connectivity index (χ3v) is 6.49. The Morgan fingerprint density at radius 2 is 1.70 bits per heavy atom. The van der Waals surface area contributed by atoms with Gasteiger partial charge in [0, 0.05) is 36.7 Å². The number of alkyl halides is 3. The number of amides is 2. The van der Waals surface area contributed by atoms with Crippen LogP contribution in [0.3, 0.4) is 0 Å². The second-order valence-corrected chi connectivity index (χ2v) is 10.2. The monoisotopic (exact) mass is 471 g/mol. The molecule has 9 heteroatoms. The minimum absolute atomic E-state index is 0.189. The molecule has 0 spiro atoms. The first-order chi connectivity index (χ1) is 15.3. The van der Waals surface area contributed by atoms with Gasteiger partial charge in [0.2, 0.25) is 5.91 Å². The Kier molecular flexibility index (Phi) is 7.71. The van der Waals surface area contributed by atoms with Crippen LogP contribution in [0.2, 0.25) is 0 Å². The van der Waals surface area contributed by atoms with Crippen LogP contribution in [0.25, 0.3) is 0 Å². The molecule has 1 unspecified atom stereocenters. The molecule has 1 aromatic rings. The van der Waals surface area contributed by atoms with Crippen molar-refractivity contribution in [3.63, 3.8) is 0 Å². The molecule has 2 fully saturated rings. The number of carbonyl (C=O) groups excluding carboxylic acids is 2. The molecule has 0 saturated carbocycles. The number of halogens is 4. The molecule has 0 bridgehead atoms. The van der Waals surface area contributed by atoms with Crippen molar-refractivity contribution in [3.8, 4) is 0 Å². The lowest BCUT2D eigenvalue weighted by atomic mass is 9.94. The van der Waals surface area contributed by atoms with E-state index in [0.29, 0.717) is 18.7 Å². The fourth-order valence-corrected chi connectivity index (χ4v) is 4.62. The van der Waals surface area contributed by atoms with Crippen LogP contribution in [-0.2, 0) is 11.0 Å². The number of benzene rings is 1. The van der Waals surface area contributed by atoms with E-state index in [1.807, 2.05) is 25.7 Å². The summed E-state index contributed by atoms with van der Waals surface area (Å²) < 4.78 is 52.2.